The molecule has 1 aromatic carbocycles. The molecule has 6 amide bonds. The average molecular weight is 836 g/mol. The van der Waals surface area contributed by atoms with Gasteiger partial charge >= 0.3 is 12.2 Å². The number of benzene rings is 1. The maximum absolute atomic E-state index is 13.4. The highest BCUT2D eigenvalue weighted by molar-refractivity contribution is 6.23. The number of alkyl halides is 3. The van der Waals surface area contributed by atoms with Gasteiger partial charge in [-0.25, -0.2) is 9.78 Å². The molecule has 2 N–H and O–H groups in total. The van der Waals surface area contributed by atoms with Crippen LogP contribution in [0.3, 0.4) is 0 Å². The predicted octanol–water partition coefficient (Wildman–Crippen LogP) is 2.69. The highest BCUT2D eigenvalue weighted by Gasteiger charge is 2.46. The number of pyridine rings is 2. The van der Waals surface area contributed by atoms with E-state index >= 15 is 0 Å². The van der Waals surface area contributed by atoms with E-state index in [1.165, 1.54) is 6.20 Å². The van der Waals surface area contributed by atoms with E-state index in [2.05, 4.69) is 30.3 Å². The molecule has 4 saturated heterocycles. The number of aromatic nitrogens is 2. The molecule has 0 bridgehead atoms. The Labute approximate surface area is 342 Å². The molecular formula is C40H44F3N9O8. The summed E-state index contributed by atoms with van der Waals surface area (Å²) in [5.74, 6) is -1.70. The number of halogens is 3. The number of carbonyl (C=O) groups is 5. The van der Waals surface area contributed by atoms with Gasteiger partial charge in [-0.15, -0.1) is 0 Å². The first kappa shape index (κ1) is 40.9. The van der Waals surface area contributed by atoms with Crippen LogP contribution in [0.2, 0.25) is 0 Å². The lowest BCUT2D eigenvalue weighted by Gasteiger charge is -2.36. The molecule has 0 spiro atoms. The van der Waals surface area contributed by atoms with Crippen molar-refractivity contribution in [3.05, 3.63) is 59.5 Å². The first-order valence-corrected chi connectivity index (χ1v) is 19.8. The number of ether oxygens (including phenoxy) is 3. The minimum absolute atomic E-state index is 0.0213. The lowest BCUT2D eigenvalue weighted by atomic mass is 10.0. The van der Waals surface area contributed by atoms with Gasteiger partial charge in [0.05, 0.1) is 49.4 Å². The van der Waals surface area contributed by atoms with Gasteiger partial charge in [-0.2, -0.15) is 13.2 Å². The SMILES string of the molecule is Cc1ncc(NC(=O)N2CCOC(C(F)(F)F)C2)cc1-c1cnc(OCCN2CCN(c3ccc4c(c3)C(=O)N(C3CCC(=O)NC3=O)C4=O)CC2)c(N2CCOCC2)c1. The highest BCUT2D eigenvalue weighted by atomic mass is 19.4. The van der Waals surface area contributed by atoms with Crippen molar-refractivity contribution in [2.75, 3.05) is 100 Å². The maximum atomic E-state index is 13.4. The number of piperidine rings is 1. The summed E-state index contributed by atoms with van der Waals surface area (Å²) in [7, 11) is 0. The predicted molar refractivity (Wildman–Crippen MR) is 209 cm³/mol. The number of hydrogen-bond acceptors (Lipinski definition) is 13. The van der Waals surface area contributed by atoms with Crippen LogP contribution in [0.4, 0.5) is 35.0 Å². The number of imide groups is 2. The molecule has 318 valence electrons. The van der Waals surface area contributed by atoms with Crippen LogP contribution in [0.1, 0.15) is 39.3 Å². The van der Waals surface area contributed by atoms with Crippen molar-refractivity contribution in [3.63, 3.8) is 0 Å². The molecule has 7 heterocycles. The van der Waals surface area contributed by atoms with Gasteiger partial charge < -0.3 is 34.2 Å². The number of urea groups is 1. The van der Waals surface area contributed by atoms with Crippen molar-refractivity contribution in [2.24, 2.45) is 0 Å². The summed E-state index contributed by atoms with van der Waals surface area (Å²) in [6.07, 6.45) is -3.35. The fraction of sp³-hybridized carbons (Fsp3) is 0.475. The molecule has 3 aromatic rings. The second-order valence-corrected chi connectivity index (χ2v) is 15.1. The number of aryl methyl sites for hydroxylation is 1. The van der Waals surface area contributed by atoms with Crippen LogP contribution in [-0.2, 0) is 19.1 Å². The first-order chi connectivity index (χ1) is 28.8. The Hall–Kier alpha value is -5.86. The molecule has 5 aliphatic rings. The summed E-state index contributed by atoms with van der Waals surface area (Å²) in [5, 5.41) is 4.90. The number of amides is 6. The van der Waals surface area contributed by atoms with Gasteiger partial charge in [-0.3, -0.25) is 39.3 Å². The minimum Gasteiger partial charge on any atom is -0.475 e. The molecule has 2 atom stereocenters. The fourth-order valence-electron chi connectivity index (χ4n) is 8.01. The quantitative estimate of drug-likeness (QED) is 0.301. The monoisotopic (exact) mass is 835 g/mol. The van der Waals surface area contributed by atoms with Crippen LogP contribution in [-0.4, -0.2) is 158 Å². The summed E-state index contributed by atoms with van der Waals surface area (Å²) >= 11 is 0. The summed E-state index contributed by atoms with van der Waals surface area (Å²) in [6.45, 7) is 7.03. The molecular weight excluding hydrogens is 791 g/mol. The molecule has 2 unspecified atom stereocenters. The zero-order valence-corrected chi connectivity index (χ0v) is 32.8. The van der Waals surface area contributed by atoms with Crippen LogP contribution in [0.15, 0.2) is 42.7 Å². The molecule has 0 radical (unpaired) electrons. The van der Waals surface area contributed by atoms with Crippen molar-refractivity contribution in [1.82, 2.24) is 30.0 Å². The topological polar surface area (TPSA) is 179 Å². The Kier molecular flexibility index (Phi) is 11.6. The van der Waals surface area contributed by atoms with Gasteiger partial charge in [0.2, 0.25) is 17.7 Å². The van der Waals surface area contributed by atoms with E-state index in [-0.39, 0.29) is 37.1 Å². The number of nitrogens with one attached hydrogen (secondary N) is 2. The smallest absolute Gasteiger partial charge is 0.416 e. The Morgan fingerprint density at radius 3 is 2.42 bits per heavy atom. The average Bonchev–Trinajstić information content (AvgIpc) is 3.49. The normalized spacial score (nSPS) is 21.6. The van der Waals surface area contributed by atoms with Crippen molar-refractivity contribution in [2.45, 2.75) is 38.1 Å². The molecule has 0 aliphatic carbocycles. The number of fused-ring (bicyclic) bond motifs is 1. The van der Waals surface area contributed by atoms with Crippen molar-refractivity contribution >= 4 is 46.7 Å². The molecule has 8 rings (SSSR count). The zero-order chi connectivity index (χ0) is 42.1. The maximum Gasteiger partial charge on any atom is 0.416 e. The molecule has 5 aliphatic heterocycles. The van der Waals surface area contributed by atoms with Crippen LogP contribution >= 0.6 is 0 Å². The fourth-order valence-corrected chi connectivity index (χ4v) is 8.01. The van der Waals surface area contributed by atoms with Gasteiger partial charge in [0, 0.05) is 87.5 Å². The third-order valence-corrected chi connectivity index (χ3v) is 11.4. The van der Waals surface area contributed by atoms with Crippen LogP contribution < -0.4 is 25.2 Å². The third kappa shape index (κ3) is 8.57. The number of hydrogen-bond donors (Lipinski definition) is 2. The number of piperazine rings is 1. The number of anilines is 3. The van der Waals surface area contributed by atoms with Gasteiger partial charge in [-0.05, 0) is 43.7 Å². The van der Waals surface area contributed by atoms with E-state index in [1.807, 2.05) is 19.1 Å². The van der Waals surface area contributed by atoms with E-state index in [4.69, 9.17) is 19.2 Å². The molecule has 20 heteroatoms. The summed E-state index contributed by atoms with van der Waals surface area (Å²) in [6, 6.07) is 7.11. The number of nitrogens with zero attached hydrogens (tertiary/aromatic N) is 7. The van der Waals surface area contributed by atoms with Crippen molar-refractivity contribution < 1.29 is 51.4 Å². The summed E-state index contributed by atoms with van der Waals surface area (Å²) < 4.78 is 56.5. The molecule has 60 heavy (non-hydrogen) atoms. The van der Waals surface area contributed by atoms with Crippen LogP contribution in [0.25, 0.3) is 11.1 Å². The summed E-state index contributed by atoms with van der Waals surface area (Å²) in [5.41, 5.74) is 4.42. The lowest BCUT2D eigenvalue weighted by Crippen LogP contribution is -2.54. The van der Waals surface area contributed by atoms with E-state index < -0.39 is 54.5 Å². The Morgan fingerprint density at radius 2 is 1.67 bits per heavy atom. The minimum atomic E-state index is -4.58. The standard InChI is InChI=1S/C40H44F3N9O8/c1-24-29(19-26(22-44-24)46-39(57)51-13-17-59-33(23-51)40(41,42)43)25-18-32(50-11-14-58-15-12-50)36(45-21-25)60-16-10-48-6-8-49(9-7-48)27-2-3-28-30(20-27)38(56)52(37(28)55)31-4-5-34(53)47-35(31)54/h2-3,18-22,31,33H,4-17,23H2,1H3,(H,46,57)(H,47,53,54). The van der Waals surface area contributed by atoms with Gasteiger partial charge in [-0.1, -0.05) is 0 Å². The largest absolute Gasteiger partial charge is 0.475 e. The van der Waals surface area contributed by atoms with Gasteiger partial charge in [0.1, 0.15) is 18.3 Å². The molecule has 2 aromatic heterocycles. The van der Waals surface area contributed by atoms with Gasteiger partial charge in [0.15, 0.2) is 6.10 Å². The second kappa shape index (κ2) is 17.0. The van der Waals surface area contributed by atoms with E-state index in [1.54, 1.807) is 24.4 Å². The highest BCUT2D eigenvalue weighted by Crippen LogP contribution is 2.35. The number of morpholine rings is 2. The Balaban J connectivity index is 0.888. The zero-order valence-electron chi connectivity index (χ0n) is 32.8. The van der Waals surface area contributed by atoms with Crippen LogP contribution in [0.5, 0.6) is 5.88 Å². The molecule has 4 fully saturated rings. The van der Waals surface area contributed by atoms with Crippen LogP contribution in [0, 0.1) is 6.92 Å². The Morgan fingerprint density at radius 1 is 0.900 bits per heavy atom. The van der Waals surface area contributed by atoms with E-state index in [0.717, 1.165) is 21.2 Å². The third-order valence-electron chi connectivity index (χ3n) is 11.4. The van der Waals surface area contributed by atoms with Gasteiger partial charge in [0.25, 0.3) is 11.8 Å². The van der Waals surface area contributed by atoms with E-state index in [0.29, 0.717) is 94.0 Å². The van der Waals surface area contributed by atoms with E-state index in [9.17, 15) is 37.1 Å². The van der Waals surface area contributed by atoms with Crippen molar-refractivity contribution in [3.8, 4) is 17.0 Å². The lowest BCUT2D eigenvalue weighted by molar-refractivity contribution is -0.233. The number of carbonyl (C=O) groups excluding carboxylic acids is 5. The summed E-state index contributed by atoms with van der Waals surface area (Å²) in [4.78, 5) is 81.3. The molecule has 17 nitrogen and oxygen atoms in total. The Bertz CT molecular complexity index is 2180. The van der Waals surface area contributed by atoms with Crippen molar-refractivity contribution in [1.29, 1.82) is 0 Å². The number of rotatable bonds is 9. The molecule has 0 saturated carbocycles. The first-order valence-electron chi connectivity index (χ1n) is 19.8. The second-order valence-electron chi connectivity index (χ2n) is 15.1.